The van der Waals surface area contributed by atoms with Crippen LogP contribution in [0.4, 0.5) is 0 Å². The molecular weight excluding hydrogens is 438 g/mol. The van der Waals surface area contributed by atoms with Gasteiger partial charge in [-0.05, 0) is 56.1 Å². The van der Waals surface area contributed by atoms with Gasteiger partial charge < -0.3 is 0 Å². The highest BCUT2D eigenvalue weighted by Gasteiger charge is 2.36. The number of unbranched alkanes of at least 4 members (excludes halogenated alkanes) is 10. The molecule has 0 atom stereocenters. The lowest BCUT2D eigenvalue weighted by atomic mass is 9.68. The van der Waals surface area contributed by atoms with Crippen LogP contribution in [0, 0.1) is 16.7 Å². The summed E-state index contributed by atoms with van der Waals surface area (Å²) in [5.41, 5.74) is 3.60. The van der Waals surface area contributed by atoms with Gasteiger partial charge in [0.2, 0.25) is 0 Å². The molecule has 1 aliphatic rings. The number of nitrogens with zero attached hydrogens (tertiary/aromatic N) is 3. The van der Waals surface area contributed by atoms with Gasteiger partial charge in [-0.3, -0.25) is 0 Å². The van der Waals surface area contributed by atoms with Gasteiger partial charge in [-0.2, -0.15) is 5.26 Å². The summed E-state index contributed by atoms with van der Waals surface area (Å²) < 4.78 is 0. The minimum absolute atomic E-state index is 0.113. The van der Waals surface area contributed by atoms with Crippen LogP contribution >= 0.6 is 0 Å². The van der Waals surface area contributed by atoms with Crippen molar-refractivity contribution in [1.82, 2.24) is 9.97 Å². The highest BCUT2D eigenvalue weighted by molar-refractivity contribution is 5.61. The van der Waals surface area contributed by atoms with Crippen molar-refractivity contribution in [2.45, 2.75) is 135 Å². The van der Waals surface area contributed by atoms with Crippen molar-refractivity contribution in [3.63, 3.8) is 0 Å². The molecule has 1 aromatic carbocycles. The first-order chi connectivity index (χ1) is 17.7. The molecule has 1 fully saturated rings. The molecule has 3 heteroatoms. The van der Waals surface area contributed by atoms with Gasteiger partial charge >= 0.3 is 0 Å². The number of nitriles is 1. The molecule has 3 nitrogen and oxygen atoms in total. The summed E-state index contributed by atoms with van der Waals surface area (Å²) in [6.45, 7) is 4.53. The van der Waals surface area contributed by atoms with E-state index >= 15 is 0 Å². The van der Waals surface area contributed by atoms with Crippen molar-refractivity contribution in [3.8, 4) is 17.2 Å². The molecule has 2 aromatic rings. The molecule has 0 unspecified atom stereocenters. The largest absolute Gasteiger partial charge is 0.240 e. The fourth-order valence-electron chi connectivity index (χ4n) is 5.76. The molecule has 36 heavy (non-hydrogen) atoms. The predicted octanol–water partition coefficient (Wildman–Crippen LogP) is 9.96. The molecule has 3 rings (SSSR count). The zero-order valence-corrected chi connectivity index (χ0v) is 23.1. The van der Waals surface area contributed by atoms with Crippen LogP contribution < -0.4 is 0 Å². The first-order valence-corrected chi connectivity index (χ1v) is 15.0. The Bertz CT molecular complexity index is 886. The predicted molar refractivity (Wildman–Crippen MR) is 152 cm³/mol. The number of rotatable bonds is 16. The second kappa shape index (κ2) is 15.8. The lowest BCUT2D eigenvalue weighted by Crippen LogP contribution is -2.26. The van der Waals surface area contributed by atoms with Crippen LogP contribution in [0.1, 0.15) is 140 Å². The van der Waals surface area contributed by atoms with E-state index < -0.39 is 0 Å². The lowest BCUT2D eigenvalue weighted by Gasteiger charge is -2.34. The maximum atomic E-state index is 9.93. The van der Waals surface area contributed by atoms with Crippen LogP contribution in [0.3, 0.4) is 0 Å². The van der Waals surface area contributed by atoms with E-state index in [1.54, 1.807) is 0 Å². The van der Waals surface area contributed by atoms with Crippen LogP contribution in [-0.2, 0) is 6.42 Å². The summed E-state index contributed by atoms with van der Waals surface area (Å²) in [5.74, 6) is 1.36. The summed E-state index contributed by atoms with van der Waals surface area (Å²) in [6.07, 6.45) is 26.1. The van der Waals surface area contributed by atoms with Gasteiger partial charge in [0.1, 0.15) is 5.82 Å². The van der Waals surface area contributed by atoms with Crippen molar-refractivity contribution in [2.24, 2.45) is 5.41 Å². The summed E-state index contributed by atoms with van der Waals surface area (Å²) in [4.78, 5) is 9.54. The number of aromatic nitrogens is 2. The Kier molecular flexibility index (Phi) is 12.5. The van der Waals surface area contributed by atoms with Crippen LogP contribution in [0.25, 0.3) is 11.1 Å². The van der Waals surface area contributed by atoms with Gasteiger partial charge in [-0.25, -0.2) is 9.97 Å². The second-order valence-electron chi connectivity index (χ2n) is 11.2. The normalized spacial score (nSPS) is 19.8. The maximum absolute atomic E-state index is 9.93. The minimum atomic E-state index is -0.113. The highest BCUT2D eigenvalue weighted by atomic mass is 14.9. The Balaban J connectivity index is 1.44. The van der Waals surface area contributed by atoms with E-state index in [4.69, 9.17) is 9.97 Å². The summed E-state index contributed by atoms with van der Waals surface area (Å²) >= 11 is 0. The third kappa shape index (κ3) is 9.02. The molecule has 0 aliphatic heterocycles. The van der Waals surface area contributed by atoms with Crippen molar-refractivity contribution in [3.05, 3.63) is 48.0 Å². The quantitative estimate of drug-likeness (QED) is 0.221. The Labute approximate surface area is 221 Å². The molecule has 1 aromatic heterocycles. The van der Waals surface area contributed by atoms with Gasteiger partial charge in [0.15, 0.2) is 0 Å². The van der Waals surface area contributed by atoms with Crippen LogP contribution in [0.15, 0.2) is 36.7 Å². The van der Waals surface area contributed by atoms with Crippen LogP contribution in [-0.4, -0.2) is 9.97 Å². The molecule has 196 valence electrons. The van der Waals surface area contributed by atoms with E-state index in [0.717, 1.165) is 43.5 Å². The highest BCUT2D eigenvalue weighted by Crippen LogP contribution is 2.45. The van der Waals surface area contributed by atoms with E-state index in [9.17, 15) is 5.26 Å². The summed E-state index contributed by atoms with van der Waals surface area (Å²) in [6, 6.07) is 11.7. The monoisotopic (exact) mass is 487 g/mol. The molecule has 0 N–H and O–H groups in total. The number of hydrogen-bond acceptors (Lipinski definition) is 3. The van der Waals surface area contributed by atoms with Gasteiger partial charge in [0.25, 0.3) is 0 Å². The van der Waals surface area contributed by atoms with Crippen LogP contribution in [0.2, 0.25) is 0 Å². The molecule has 0 radical (unpaired) electrons. The van der Waals surface area contributed by atoms with Crippen molar-refractivity contribution in [2.75, 3.05) is 0 Å². The molecule has 1 aliphatic carbocycles. The van der Waals surface area contributed by atoms with Crippen LogP contribution in [0.5, 0.6) is 0 Å². The Morgan fingerprint density at radius 2 is 1.31 bits per heavy atom. The first kappa shape index (κ1) is 28.4. The fraction of sp³-hybridized carbons (Fsp3) is 0.667. The zero-order valence-electron chi connectivity index (χ0n) is 23.1. The Morgan fingerprint density at radius 1 is 0.750 bits per heavy atom. The van der Waals surface area contributed by atoms with E-state index in [-0.39, 0.29) is 5.41 Å². The van der Waals surface area contributed by atoms with Crippen molar-refractivity contribution < 1.29 is 0 Å². The molecule has 0 spiro atoms. The molecule has 0 bridgehead atoms. The number of aryl methyl sites for hydroxylation is 1. The zero-order chi connectivity index (χ0) is 25.5. The van der Waals surface area contributed by atoms with E-state index in [0.29, 0.717) is 5.92 Å². The Morgan fingerprint density at radius 3 is 1.89 bits per heavy atom. The topological polar surface area (TPSA) is 49.6 Å². The third-order valence-electron chi connectivity index (χ3n) is 8.33. The molecule has 0 amide bonds. The van der Waals surface area contributed by atoms with E-state index in [1.165, 1.54) is 94.6 Å². The van der Waals surface area contributed by atoms with Crippen molar-refractivity contribution in [1.29, 1.82) is 5.26 Å². The van der Waals surface area contributed by atoms with E-state index in [2.05, 4.69) is 44.2 Å². The molecule has 0 saturated heterocycles. The molecule has 1 heterocycles. The summed E-state index contributed by atoms with van der Waals surface area (Å²) in [5, 5.41) is 9.93. The van der Waals surface area contributed by atoms with Crippen molar-refractivity contribution >= 4 is 0 Å². The standard InChI is InChI=1S/C33H49N3/c1-3-5-7-9-11-13-15-28-16-18-29(19-17-28)31-25-35-32(36-26-31)30-20-23-33(27-34,24-21-30)22-14-12-10-8-6-4-2/h16-19,25-26,30H,3-15,20-24H2,1-2H3/t30-,33-. The summed E-state index contributed by atoms with van der Waals surface area (Å²) in [7, 11) is 0. The number of benzene rings is 1. The van der Waals surface area contributed by atoms with E-state index in [1.807, 2.05) is 12.4 Å². The molecule has 1 saturated carbocycles. The smallest absolute Gasteiger partial charge is 0.131 e. The average molecular weight is 488 g/mol. The third-order valence-corrected chi connectivity index (χ3v) is 8.33. The Hall–Kier alpha value is -2.21. The lowest BCUT2D eigenvalue weighted by molar-refractivity contribution is 0.219. The first-order valence-electron chi connectivity index (χ1n) is 15.0. The molecular formula is C33H49N3. The van der Waals surface area contributed by atoms with Gasteiger partial charge in [0.05, 0.1) is 11.5 Å². The maximum Gasteiger partial charge on any atom is 0.131 e. The van der Waals surface area contributed by atoms with Gasteiger partial charge in [-0.15, -0.1) is 0 Å². The average Bonchev–Trinajstić information content (AvgIpc) is 2.93. The number of hydrogen-bond donors (Lipinski definition) is 0. The minimum Gasteiger partial charge on any atom is -0.240 e. The fourth-order valence-corrected chi connectivity index (χ4v) is 5.76. The van der Waals surface area contributed by atoms with Gasteiger partial charge in [0, 0.05) is 23.9 Å². The SMILES string of the molecule is CCCCCCCCc1ccc(-c2cnc([C@H]3CC[C@@](C#N)(CCCCCCCC)CC3)nc2)cc1. The van der Waals surface area contributed by atoms with Gasteiger partial charge in [-0.1, -0.05) is 109 Å². The second-order valence-corrected chi connectivity index (χ2v) is 11.2.